The fourth-order valence-corrected chi connectivity index (χ4v) is 4.01. The van der Waals surface area contributed by atoms with Crippen molar-refractivity contribution in [2.75, 3.05) is 46.4 Å². The maximum absolute atomic E-state index is 5.53. The van der Waals surface area contributed by atoms with E-state index in [2.05, 4.69) is 24.1 Å². The summed E-state index contributed by atoms with van der Waals surface area (Å²) < 4.78 is 5.53. The van der Waals surface area contributed by atoms with Gasteiger partial charge in [0.2, 0.25) is 0 Å². The van der Waals surface area contributed by atoms with E-state index in [0.717, 1.165) is 31.5 Å². The number of rotatable bonds is 4. The normalized spacial score (nSPS) is 33.5. The predicted octanol–water partition coefficient (Wildman–Crippen LogP) is 1.98. The van der Waals surface area contributed by atoms with Gasteiger partial charge in [-0.2, -0.15) is 0 Å². The molecule has 0 radical (unpaired) electrons. The molecule has 0 aromatic heterocycles. The van der Waals surface area contributed by atoms with Crippen molar-refractivity contribution in [3.8, 4) is 0 Å². The molecule has 2 saturated heterocycles. The molecule has 0 bridgehead atoms. The van der Waals surface area contributed by atoms with Gasteiger partial charge < -0.3 is 15.0 Å². The molecule has 2 unspecified atom stereocenters. The Kier molecular flexibility index (Phi) is 5.05. The number of ether oxygens (including phenoxy) is 1. The lowest BCUT2D eigenvalue weighted by atomic mass is 9.78. The molecule has 1 N–H and O–H groups in total. The third kappa shape index (κ3) is 3.69. The van der Waals surface area contributed by atoms with Gasteiger partial charge in [0.15, 0.2) is 0 Å². The minimum atomic E-state index is 0.400. The number of hydrogen-bond donors (Lipinski definition) is 1. The molecule has 2 aliphatic heterocycles. The van der Waals surface area contributed by atoms with E-state index in [1.54, 1.807) is 0 Å². The molecule has 0 amide bonds. The fraction of sp³-hybridized carbons (Fsp3) is 1.00. The van der Waals surface area contributed by atoms with Crippen LogP contribution in [0.25, 0.3) is 0 Å². The highest BCUT2D eigenvalue weighted by Crippen LogP contribution is 2.32. The Bertz CT molecular complexity index is 235. The van der Waals surface area contributed by atoms with E-state index in [9.17, 15) is 0 Å². The number of hydrogen-bond acceptors (Lipinski definition) is 3. The third-order valence-electron chi connectivity index (χ3n) is 4.62. The molecule has 0 aromatic rings. The maximum atomic E-state index is 5.53. The van der Waals surface area contributed by atoms with Crippen molar-refractivity contribution in [3.63, 3.8) is 0 Å². The van der Waals surface area contributed by atoms with Crippen LogP contribution in [0.1, 0.15) is 33.1 Å². The number of nitrogens with zero attached hydrogens (tertiary/aromatic N) is 1. The number of methoxy groups -OCH3 is 1. The minimum Gasteiger partial charge on any atom is -0.384 e. The molecule has 18 heavy (non-hydrogen) atoms. The average Bonchev–Trinajstić information content (AvgIpc) is 2.28. The zero-order valence-corrected chi connectivity index (χ0v) is 12.4. The van der Waals surface area contributed by atoms with Crippen molar-refractivity contribution in [3.05, 3.63) is 0 Å². The average molecular weight is 254 g/mol. The second-order valence-corrected chi connectivity index (χ2v) is 6.82. The van der Waals surface area contributed by atoms with Crippen LogP contribution in [0.3, 0.4) is 0 Å². The Labute approximate surface area is 112 Å². The molecule has 2 atom stereocenters. The molecule has 2 heterocycles. The van der Waals surface area contributed by atoms with Crippen molar-refractivity contribution in [2.24, 2.45) is 17.3 Å². The minimum absolute atomic E-state index is 0.400. The highest BCUT2D eigenvalue weighted by Gasteiger charge is 2.35. The third-order valence-corrected chi connectivity index (χ3v) is 4.62. The van der Waals surface area contributed by atoms with E-state index >= 15 is 0 Å². The summed E-state index contributed by atoms with van der Waals surface area (Å²) in [6.07, 6.45) is 3.93. The van der Waals surface area contributed by atoms with Gasteiger partial charge in [-0.1, -0.05) is 13.8 Å². The molecule has 0 aromatic carbocycles. The van der Waals surface area contributed by atoms with Crippen molar-refractivity contribution in [1.29, 1.82) is 0 Å². The Hall–Kier alpha value is -0.120. The Morgan fingerprint density at radius 3 is 2.33 bits per heavy atom. The van der Waals surface area contributed by atoms with Gasteiger partial charge in [0.1, 0.15) is 0 Å². The smallest absolute Gasteiger partial charge is 0.0531 e. The summed E-state index contributed by atoms with van der Waals surface area (Å²) in [6.45, 7) is 11.8. The maximum Gasteiger partial charge on any atom is 0.0531 e. The number of piperidine rings is 2. The zero-order chi connectivity index (χ0) is 13.0. The summed E-state index contributed by atoms with van der Waals surface area (Å²) >= 11 is 0. The first-order valence-corrected chi connectivity index (χ1v) is 7.55. The Morgan fingerprint density at radius 1 is 1.17 bits per heavy atom. The standard InChI is InChI=1S/C15H30N2O/c1-13-8-14(2)10-17(9-13)11-15(12-18-3)4-6-16-7-5-15/h13-14,16H,4-12H2,1-3H3. The van der Waals surface area contributed by atoms with E-state index in [1.807, 2.05) is 7.11 Å². The first kappa shape index (κ1) is 14.3. The quantitative estimate of drug-likeness (QED) is 0.830. The van der Waals surface area contributed by atoms with E-state index in [-0.39, 0.29) is 0 Å². The van der Waals surface area contributed by atoms with Crippen LogP contribution in [0, 0.1) is 17.3 Å². The predicted molar refractivity (Wildman–Crippen MR) is 75.8 cm³/mol. The number of nitrogens with one attached hydrogen (secondary N) is 1. The second-order valence-electron chi connectivity index (χ2n) is 6.82. The molecule has 0 saturated carbocycles. The first-order chi connectivity index (χ1) is 8.63. The van der Waals surface area contributed by atoms with E-state index < -0.39 is 0 Å². The van der Waals surface area contributed by atoms with Gasteiger partial charge in [0.25, 0.3) is 0 Å². The summed E-state index contributed by atoms with van der Waals surface area (Å²) in [7, 11) is 1.85. The van der Waals surface area contributed by atoms with Crippen LogP contribution in [0.2, 0.25) is 0 Å². The SMILES string of the molecule is COCC1(CN2CC(C)CC(C)C2)CCNCC1. The molecule has 3 heteroatoms. The van der Waals surface area contributed by atoms with Crippen molar-refractivity contribution in [1.82, 2.24) is 10.2 Å². The summed E-state index contributed by atoms with van der Waals surface area (Å²) in [4.78, 5) is 2.70. The van der Waals surface area contributed by atoms with Gasteiger partial charge in [-0.3, -0.25) is 0 Å². The van der Waals surface area contributed by atoms with E-state index in [1.165, 1.54) is 38.9 Å². The fourth-order valence-electron chi connectivity index (χ4n) is 4.01. The highest BCUT2D eigenvalue weighted by atomic mass is 16.5. The van der Waals surface area contributed by atoms with Crippen LogP contribution >= 0.6 is 0 Å². The summed E-state index contributed by atoms with van der Waals surface area (Å²) in [6, 6.07) is 0. The molecule has 0 aliphatic carbocycles. The first-order valence-electron chi connectivity index (χ1n) is 7.55. The molecule has 2 rings (SSSR count). The summed E-state index contributed by atoms with van der Waals surface area (Å²) in [5.74, 6) is 1.71. The summed E-state index contributed by atoms with van der Waals surface area (Å²) in [5, 5.41) is 3.48. The van der Waals surface area contributed by atoms with Crippen molar-refractivity contribution >= 4 is 0 Å². The van der Waals surface area contributed by atoms with Gasteiger partial charge in [-0.05, 0) is 44.2 Å². The lowest BCUT2D eigenvalue weighted by Gasteiger charge is -2.44. The zero-order valence-electron chi connectivity index (χ0n) is 12.4. The molecule has 2 fully saturated rings. The largest absolute Gasteiger partial charge is 0.384 e. The molecule has 2 aliphatic rings. The molecule has 3 nitrogen and oxygen atoms in total. The second kappa shape index (κ2) is 6.36. The molecule has 106 valence electrons. The van der Waals surface area contributed by atoms with Crippen LogP contribution in [-0.4, -0.2) is 51.3 Å². The molecule has 0 spiro atoms. The lowest BCUT2D eigenvalue weighted by Crippen LogP contribution is -2.50. The monoisotopic (exact) mass is 254 g/mol. The van der Waals surface area contributed by atoms with Crippen LogP contribution < -0.4 is 5.32 Å². The van der Waals surface area contributed by atoms with Crippen molar-refractivity contribution in [2.45, 2.75) is 33.1 Å². The topological polar surface area (TPSA) is 24.5 Å². The Balaban J connectivity index is 1.95. The van der Waals surface area contributed by atoms with Crippen LogP contribution in [0.15, 0.2) is 0 Å². The highest BCUT2D eigenvalue weighted by molar-refractivity contribution is 4.89. The van der Waals surface area contributed by atoms with Gasteiger partial charge in [-0.15, -0.1) is 0 Å². The van der Waals surface area contributed by atoms with E-state index in [4.69, 9.17) is 4.74 Å². The lowest BCUT2D eigenvalue weighted by molar-refractivity contribution is 0.00520. The van der Waals surface area contributed by atoms with Gasteiger partial charge in [-0.25, -0.2) is 0 Å². The number of likely N-dealkylation sites (tertiary alicyclic amines) is 1. The van der Waals surface area contributed by atoms with Crippen LogP contribution in [0.5, 0.6) is 0 Å². The van der Waals surface area contributed by atoms with Crippen LogP contribution in [-0.2, 0) is 4.74 Å². The van der Waals surface area contributed by atoms with Gasteiger partial charge in [0, 0.05) is 32.2 Å². The Morgan fingerprint density at radius 2 is 1.78 bits per heavy atom. The van der Waals surface area contributed by atoms with Crippen molar-refractivity contribution < 1.29 is 4.74 Å². The summed E-state index contributed by atoms with van der Waals surface area (Å²) in [5.41, 5.74) is 0.400. The molecular formula is C15H30N2O. The van der Waals surface area contributed by atoms with Gasteiger partial charge >= 0.3 is 0 Å². The van der Waals surface area contributed by atoms with E-state index in [0.29, 0.717) is 5.41 Å². The molecular weight excluding hydrogens is 224 g/mol. The van der Waals surface area contributed by atoms with Gasteiger partial charge in [0.05, 0.1) is 6.61 Å². The van der Waals surface area contributed by atoms with Crippen LogP contribution in [0.4, 0.5) is 0 Å².